The summed E-state index contributed by atoms with van der Waals surface area (Å²) in [4.78, 5) is 24.6. The zero-order valence-electron chi connectivity index (χ0n) is 13.5. The smallest absolute Gasteiger partial charge is 0.305 e. The maximum Gasteiger partial charge on any atom is 0.305 e. The normalized spacial score (nSPS) is 10.4. The Morgan fingerprint density at radius 1 is 1.08 bits per heavy atom. The van der Waals surface area contributed by atoms with Crippen molar-refractivity contribution in [1.29, 1.82) is 0 Å². The second kappa shape index (κ2) is 9.17. The van der Waals surface area contributed by atoms with E-state index in [4.69, 9.17) is 0 Å². The third-order valence-electron chi connectivity index (χ3n) is 3.53. The van der Waals surface area contributed by atoms with E-state index in [9.17, 15) is 14.0 Å². The van der Waals surface area contributed by atoms with Gasteiger partial charge in [0.05, 0.1) is 12.0 Å². The number of carbonyl (C=O) groups is 2. The molecule has 4 nitrogen and oxygen atoms in total. The minimum atomic E-state index is -0.277. The molecule has 2 aromatic rings. The topological polar surface area (TPSA) is 55.4 Å². The zero-order valence-corrected chi connectivity index (χ0v) is 14.3. The molecule has 0 aliphatic rings. The van der Waals surface area contributed by atoms with Crippen molar-refractivity contribution < 1.29 is 18.7 Å². The molecule has 0 spiro atoms. The molecule has 1 amide bonds. The van der Waals surface area contributed by atoms with Gasteiger partial charge in [-0.15, -0.1) is 11.3 Å². The van der Waals surface area contributed by atoms with Crippen LogP contribution in [0.2, 0.25) is 0 Å². The monoisotopic (exact) mass is 349 g/mol. The van der Waals surface area contributed by atoms with Crippen molar-refractivity contribution in [3.63, 3.8) is 0 Å². The summed E-state index contributed by atoms with van der Waals surface area (Å²) in [5, 5.41) is 2.87. The Balaban J connectivity index is 1.75. The van der Waals surface area contributed by atoms with E-state index in [2.05, 4.69) is 10.1 Å². The average molecular weight is 349 g/mol. The van der Waals surface area contributed by atoms with Gasteiger partial charge in [0.15, 0.2) is 0 Å². The molecule has 128 valence electrons. The van der Waals surface area contributed by atoms with Crippen LogP contribution in [0, 0.1) is 5.82 Å². The van der Waals surface area contributed by atoms with Gasteiger partial charge in [0.25, 0.3) is 5.91 Å². The van der Waals surface area contributed by atoms with Gasteiger partial charge in [0.1, 0.15) is 5.82 Å². The number of amides is 1. The van der Waals surface area contributed by atoms with Gasteiger partial charge in [-0.2, -0.15) is 0 Å². The van der Waals surface area contributed by atoms with E-state index >= 15 is 0 Å². The molecule has 0 unspecified atom stereocenters. The van der Waals surface area contributed by atoms with Gasteiger partial charge in [-0.1, -0.05) is 18.6 Å². The number of esters is 1. The Morgan fingerprint density at radius 3 is 2.54 bits per heavy atom. The standard InChI is InChI=1S/C18H20FNO3S/c1-23-17(21)5-3-2-4-12-20-18(22)16-11-10-15(24-16)13-6-8-14(19)9-7-13/h6-11H,2-5,12H2,1H3,(H,20,22). The lowest BCUT2D eigenvalue weighted by atomic mass is 10.2. The summed E-state index contributed by atoms with van der Waals surface area (Å²) in [6.45, 7) is 0.573. The number of thiophene rings is 1. The van der Waals surface area contributed by atoms with Crippen molar-refractivity contribution in [2.75, 3.05) is 13.7 Å². The van der Waals surface area contributed by atoms with E-state index in [0.29, 0.717) is 17.8 Å². The second-order valence-electron chi connectivity index (χ2n) is 5.31. The van der Waals surface area contributed by atoms with Crippen LogP contribution >= 0.6 is 11.3 Å². The highest BCUT2D eigenvalue weighted by molar-refractivity contribution is 7.17. The van der Waals surface area contributed by atoms with Crippen LogP contribution < -0.4 is 5.32 Å². The molecule has 0 saturated heterocycles. The molecule has 24 heavy (non-hydrogen) atoms. The van der Waals surface area contributed by atoms with Crippen molar-refractivity contribution in [3.05, 3.63) is 47.1 Å². The van der Waals surface area contributed by atoms with Crippen molar-refractivity contribution in [1.82, 2.24) is 5.32 Å². The molecule has 2 rings (SSSR count). The van der Waals surface area contributed by atoms with Crippen molar-refractivity contribution in [2.45, 2.75) is 25.7 Å². The van der Waals surface area contributed by atoms with Crippen LogP contribution in [0.5, 0.6) is 0 Å². The molecular formula is C18H20FNO3S. The van der Waals surface area contributed by atoms with E-state index < -0.39 is 0 Å². The van der Waals surface area contributed by atoms with Gasteiger partial charge in [-0.3, -0.25) is 9.59 Å². The van der Waals surface area contributed by atoms with Crippen LogP contribution in [0.3, 0.4) is 0 Å². The molecule has 1 aromatic heterocycles. The number of ether oxygens (including phenoxy) is 1. The molecule has 0 aliphatic carbocycles. The van der Waals surface area contributed by atoms with E-state index in [-0.39, 0.29) is 17.7 Å². The van der Waals surface area contributed by atoms with Crippen molar-refractivity contribution >= 4 is 23.2 Å². The van der Waals surface area contributed by atoms with E-state index in [1.165, 1.54) is 30.6 Å². The highest BCUT2D eigenvalue weighted by Crippen LogP contribution is 2.28. The molecule has 0 radical (unpaired) electrons. The summed E-state index contributed by atoms with van der Waals surface area (Å²) in [5.41, 5.74) is 0.892. The molecule has 0 atom stereocenters. The summed E-state index contributed by atoms with van der Waals surface area (Å²) in [7, 11) is 1.38. The average Bonchev–Trinajstić information content (AvgIpc) is 3.08. The quantitative estimate of drug-likeness (QED) is 0.578. The van der Waals surface area contributed by atoms with Gasteiger partial charge in [0, 0.05) is 17.8 Å². The fourth-order valence-corrected chi connectivity index (χ4v) is 3.12. The number of carbonyl (C=O) groups excluding carboxylic acids is 2. The molecule has 1 heterocycles. The zero-order chi connectivity index (χ0) is 17.4. The Kier molecular flexibility index (Phi) is 6.93. The Hall–Kier alpha value is -2.21. The first-order chi connectivity index (χ1) is 11.6. The molecule has 0 aliphatic heterocycles. The van der Waals surface area contributed by atoms with Gasteiger partial charge >= 0.3 is 5.97 Å². The van der Waals surface area contributed by atoms with Crippen molar-refractivity contribution in [2.24, 2.45) is 0 Å². The first-order valence-corrected chi connectivity index (χ1v) is 8.62. The first-order valence-electron chi connectivity index (χ1n) is 7.81. The number of hydrogen-bond acceptors (Lipinski definition) is 4. The molecule has 1 N–H and O–H groups in total. The first kappa shape index (κ1) is 18.1. The lowest BCUT2D eigenvalue weighted by Gasteiger charge is -2.03. The summed E-state index contributed by atoms with van der Waals surface area (Å²) < 4.78 is 17.5. The maximum atomic E-state index is 12.9. The van der Waals surface area contributed by atoms with Crippen LogP contribution in [0.4, 0.5) is 4.39 Å². The predicted molar refractivity (Wildman–Crippen MR) is 92.5 cm³/mol. The Bertz CT molecular complexity index is 682. The van der Waals surface area contributed by atoms with E-state index in [1.54, 1.807) is 18.2 Å². The lowest BCUT2D eigenvalue weighted by Crippen LogP contribution is -2.23. The molecule has 0 fully saturated rings. The van der Waals surface area contributed by atoms with Crippen molar-refractivity contribution in [3.8, 4) is 10.4 Å². The number of rotatable bonds is 8. The number of benzene rings is 1. The molecule has 0 saturated carbocycles. The van der Waals surface area contributed by atoms with Gasteiger partial charge in [-0.25, -0.2) is 4.39 Å². The molecule has 0 bridgehead atoms. The van der Waals surface area contributed by atoms with Crippen LogP contribution in [0.1, 0.15) is 35.4 Å². The molecule has 1 aromatic carbocycles. The number of halogens is 1. The third-order valence-corrected chi connectivity index (χ3v) is 4.66. The van der Waals surface area contributed by atoms with Crippen LogP contribution in [-0.2, 0) is 9.53 Å². The molecule has 6 heteroatoms. The fourth-order valence-electron chi connectivity index (χ4n) is 2.19. The van der Waals surface area contributed by atoms with E-state index in [1.807, 2.05) is 6.07 Å². The second-order valence-corrected chi connectivity index (χ2v) is 6.40. The summed E-state index contributed by atoms with van der Waals surface area (Å²) in [6, 6.07) is 9.85. The van der Waals surface area contributed by atoms with Gasteiger partial charge < -0.3 is 10.1 Å². The largest absolute Gasteiger partial charge is 0.469 e. The summed E-state index contributed by atoms with van der Waals surface area (Å²) >= 11 is 1.38. The van der Waals surface area contributed by atoms with Crippen LogP contribution in [0.15, 0.2) is 36.4 Å². The number of hydrogen-bond donors (Lipinski definition) is 1. The minimum absolute atomic E-state index is 0.110. The highest BCUT2D eigenvalue weighted by Gasteiger charge is 2.10. The van der Waals surface area contributed by atoms with Crippen LogP contribution in [0.25, 0.3) is 10.4 Å². The Morgan fingerprint density at radius 2 is 1.83 bits per heavy atom. The SMILES string of the molecule is COC(=O)CCCCCNC(=O)c1ccc(-c2ccc(F)cc2)s1. The summed E-state index contributed by atoms with van der Waals surface area (Å²) in [5.74, 6) is -0.590. The third kappa shape index (κ3) is 5.45. The van der Waals surface area contributed by atoms with Crippen LogP contribution in [-0.4, -0.2) is 25.5 Å². The summed E-state index contributed by atoms with van der Waals surface area (Å²) in [6.07, 6.45) is 2.85. The minimum Gasteiger partial charge on any atom is -0.469 e. The number of methoxy groups -OCH3 is 1. The lowest BCUT2D eigenvalue weighted by molar-refractivity contribution is -0.140. The number of nitrogens with one attached hydrogen (secondary N) is 1. The fraction of sp³-hybridized carbons (Fsp3) is 0.333. The van der Waals surface area contributed by atoms with E-state index in [0.717, 1.165) is 29.7 Å². The number of unbranched alkanes of at least 4 members (excludes halogenated alkanes) is 2. The maximum absolute atomic E-state index is 12.9. The molecular weight excluding hydrogens is 329 g/mol. The Labute approximate surface area is 144 Å². The highest BCUT2D eigenvalue weighted by atomic mass is 32.1. The van der Waals surface area contributed by atoms with Gasteiger partial charge in [0.2, 0.25) is 0 Å². The van der Waals surface area contributed by atoms with Gasteiger partial charge in [-0.05, 0) is 42.7 Å². The predicted octanol–water partition coefficient (Wildman–Crippen LogP) is 4.02.